The Morgan fingerprint density at radius 1 is 1.33 bits per heavy atom. The van der Waals surface area contributed by atoms with Gasteiger partial charge in [0, 0.05) is 5.92 Å². The van der Waals surface area contributed by atoms with E-state index in [2.05, 4.69) is 20.8 Å². The number of hydrogen-bond acceptors (Lipinski definition) is 0. The molecular formula is C15H25+. The van der Waals surface area contributed by atoms with Crippen molar-refractivity contribution in [2.75, 3.05) is 0 Å². The number of rotatable bonds is 0. The lowest BCUT2D eigenvalue weighted by Crippen LogP contribution is -2.46. The second kappa shape index (κ2) is 2.76. The molecule has 0 aliphatic heterocycles. The third-order valence-electron chi connectivity index (χ3n) is 6.35. The topological polar surface area (TPSA) is 0 Å². The summed E-state index contributed by atoms with van der Waals surface area (Å²) in [6.45, 7) is 7.70. The summed E-state index contributed by atoms with van der Waals surface area (Å²) in [5.41, 5.74) is 0.744. The van der Waals surface area contributed by atoms with Gasteiger partial charge in [-0.25, -0.2) is 0 Å². The van der Waals surface area contributed by atoms with Crippen molar-refractivity contribution >= 4 is 0 Å². The van der Waals surface area contributed by atoms with Crippen LogP contribution in [0.1, 0.15) is 62.5 Å². The van der Waals surface area contributed by atoms with Gasteiger partial charge in [-0.2, -0.15) is 0 Å². The van der Waals surface area contributed by atoms with E-state index in [1.165, 1.54) is 25.2 Å². The molecule has 84 valence electrons. The van der Waals surface area contributed by atoms with Crippen LogP contribution < -0.4 is 0 Å². The van der Waals surface area contributed by atoms with E-state index >= 15 is 0 Å². The highest BCUT2D eigenvalue weighted by Gasteiger charge is 2.65. The molecule has 0 saturated heterocycles. The molecule has 0 unspecified atom stereocenters. The Bertz CT molecular complexity index is 338. The summed E-state index contributed by atoms with van der Waals surface area (Å²) in [5, 5.41) is 0. The lowest BCUT2D eigenvalue weighted by Gasteiger charge is -2.51. The van der Waals surface area contributed by atoms with Gasteiger partial charge in [0.25, 0.3) is 0 Å². The lowest BCUT2D eigenvalue weighted by atomic mass is 9.51. The number of fused-ring (bicyclic) bond motifs is 4. The Labute approximate surface area is 97.6 Å². The van der Waals surface area contributed by atoms with Crippen molar-refractivity contribution in [1.82, 2.24) is 0 Å². The Balaban J connectivity index is 2.04. The standard InChI is InChI=1S/C15H25/c1-10-5-6-13-12(10)9-11-7-8-15(13,4)14(11,2)3/h11-13H,5-9H2,1-4H3/q+1/t11-,12+,13-,15+/m1/s1/i1D,12D. The predicted molar refractivity (Wildman–Crippen MR) is 64.4 cm³/mol. The molecule has 3 fully saturated rings. The normalized spacial score (nSPS) is 58.7. The van der Waals surface area contributed by atoms with Gasteiger partial charge in [0.2, 0.25) is 0 Å². The molecule has 0 radical (unpaired) electrons. The second-order valence-electron chi connectivity index (χ2n) is 6.80. The van der Waals surface area contributed by atoms with Gasteiger partial charge in [-0.3, -0.25) is 0 Å². The minimum atomic E-state index is -0.340. The van der Waals surface area contributed by atoms with E-state index < -0.39 is 0 Å². The highest BCUT2D eigenvalue weighted by atomic mass is 14.7. The van der Waals surface area contributed by atoms with Gasteiger partial charge in [0.05, 0.1) is 22.0 Å². The summed E-state index contributed by atoms with van der Waals surface area (Å²) >= 11 is 0. The quantitative estimate of drug-likeness (QED) is 0.515. The van der Waals surface area contributed by atoms with E-state index in [9.17, 15) is 0 Å². The van der Waals surface area contributed by atoms with Crippen LogP contribution in [-0.4, -0.2) is 0 Å². The van der Waals surface area contributed by atoms with Gasteiger partial charge in [0.15, 0.2) is 0 Å². The molecule has 0 heteroatoms. The Morgan fingerprint density at radius 3 is 2.87 bits per heavy atom. The van der Waals surface area contributed by atoms with Crippen molar-refractivity contribution in [3.05, 3.63) is 5.92 Å². The highest BCUT2D eigenvalue weighted by Crippen LogP contribution is 2.70. The van der Waals surface area contributed by atoms with Crippen LogP contribution in [0.2, 0.25) is 0 Å². The molecule has 0 spiro atoms. The van der Waals surface area contributed by atoms with Crippen molar-refractivity contribution in [1.29, 1.82) is 0 Å². The molecule has 0 aromatic heterocycles. The molecule has 15 heavy (non-hydrogen) atoms. The summed E-state index contributed by atoms with van der Waals surface area (Å²) in [4.78, 5) is 0. The molecule has 4 atom stereocenters. The van der Waals surface area contributed by atoms with E-state index in [0.29, 0.717) is 29.6 Å². The number of hydrogen-bond donors (Lipinski definition) is 0. The highest BCUT2D eigenvalue weighted by molar-refractivity contribution is 5.17. The molecule has 3 rings (SSSR count). The molecule has 3 saturated carbocycles. The van der Waals surface area contributed by atoms with Gasteiger partial charge in [-0.15, -0.1) is 0 Å². The van der Waals surface area contributed by atoms with Crippen molar-refractivity contribution < 1.29 is 2.74 Å². The minimum absolute atomic E-state index is 0.340. The molecule has 3 aliphatic carbocycles. The molecule has 0 aromatic rings. The first kappa shape index (κ1) is 8.03. The van der Waals surface area contributed by atoms with Gasteiger partial charge in [-0.1, -0.05) is 20.8 Å². The fraction of sp³-hybridized carbons (Fsp3) is 0.933. The fourth-order valence-electron chi connectivity index (χ4n) is 4.76. The Hall–Kier alpha value is -0.130. The predicted octanol–water partition coefficient (Wildman–Crippen LogP) is 4.45. The third-order valence-corrected chi connectivity index (χ3v) is 6.35. The monoisotopic (exact) mass is 207 g/mol. The fourth-order valence-corrected chi connectivity index (χ4v) is 4.76. The van der Waals surface area contributed by atoms with Crippen LogP contribution in [0, 0.1) is 34.5 Å². The van der Waals surface area contributed by atoms with E-state index in [1.807, 2.05) is 0 Å². The SMILES string of the molecule is [2H]C[C+]1CC[C@@H]2[C@@]1([2H])C[C@H]1CC[C@]2(C)C1(C)C. The molecule has 2 bridgehead atoms. The van der Waals surface area contributed by atoms with Crippen LogP contribution in [0.4, 0.5) is 0 Å². The van der Waals surface area contributed by atoms with Gasteiger partial charge >= 0.3 is 0 Å². The zero-order chi connectivity index (χ0) is 12.5. The summed E-state index contributed by atoms with van der Waals surface area (Å²) in [5.74, 6) is 2.12. The molecule has 0 amide bonds. The first-order valence-corrected chi connectivity index (χ1v) is 6.50. The largest absolute Gasteiger partial charge is 0.104 e. The molecule has 3 aliphatic rings. The summed E-state index contributed by atoms with van der Waals surface area (Å²) < 4.78 is 16.6. The molecule has 0 nitrogen and oxygen atoms in total. The first-order chi connectivity index (χ1) is 7.86. The van der Waals surface area contributed by atoms with Gasteiger partial charge < -0.3 is 0 Å². The maximum absolute atomic E-state index is 8.94. The van der Waals surface area contributed by atoms with E-state index in [-0.39, 0.29) is 5.89 Å². The Kier molecular flexibility index (Phi) is 1.48. The van der Waals surface area contributed by atoms with Crippen LogP contribution >= 0.6 is 0 Å². The maximum atomic E-state index is 8.94. The van der Waals surface area contributed by atoms with Crippen molar-refractivity contribution in [3.63, 3.8) is 0 Å². The van der Waals surface area contributed by atoms with Gasteiger partial charge in [0.1, 0.15) is 5.89 Å². The first-order valence-electron chi connectivity index (χ1n) is 7.71. The minimum Gasteiger partial charge on any atom is -0.0591 e. The smallest absolute Gasteiger partial charge is 0.0591 e. The van der Waals surface area contributed by atoms with E-state index in [0.717, 1.165) is 12.8 Å². The third kappa shape index (κ3) is 1.02. The molecule has 0 heterocycles. The maximum Gasteiger partial charge on any atom is 0.104 e. The molecule has 0 N–H and O–H groups in total. The van der Waals surface area contributed by atoms with Gasteiger partial charge in [-0.05, 0) is 42.4 Å². The average Bonchev–Trinajstić information content (AvgIpc) is 2.65. The van der Waals surface area contributed by atoms with Crippen molar-refractivity contribution in [3.8, 4) is 0 Å². The molecular weight excluding hydrogens is 180 g/mol. The Morgan fingerprint density at radius 2 is 2.13 bits per heavy atom. The van der Waals surface area contributed by atoms with E-state index in [1.54, 1.807) is 0 Å². The van der Waals surface area contributed by atoms with Crippen LogP contribution in [0.5, 0.6) is 0 Å². The summed E-state index contributed by atoms with van der Waals surface area (Å²) in [7, 11) is 0. The summed E-state index contributed by atoms with van der Waals surface area (Å²) in [6, 6.07) is 0. The van der Waals surface area contributed by atoms with Crippen LogP contribution in [0.25, 0.3) is 0 Å². The van der Waals surface area contributed by atoms with Crippen molar-refractivity contribution in [2.45, 2.75) is 59.8 Å². The van der Waals surface area contributed by atoms with Crippen LogP contribution in [0.3, 0.4) is 0 Å². The second-order valence-corrected chi connectivity index (χ2v) is 6.80. The zero-order valence-corrected chi connectivity index (χ0v) is 10.4. The van der Waals surface area contributed by atoms with Crippen LogP contribution in [-0.2, 0) is 0 Å². The summed E-state index contributed by atoms with van der Waals surface area (Å²) in [6.07, 6.45) is 5.88. The molecule has 0 aromatic carbocycles. The van der Waals surface area contributed by atoms with E-state index in [4.69, 9.17) is 2.74 Å². The van der Waals surface area contributed by atoms with Crippen LogP contribution in [0.15, 0.2) is 0 Å². The van der Waals surface area contributed by atoms with Crippen molar-refractivity contribution in [2.24, 2.45) is 28.6 Å². The average molecular weight is 207 g/mol. The lowest BCUT2D eigenvalue weighted by molar-refractivity contribution is -0.0384. The zero-order valence-electron chi connectivity index (χ0n) is 12.4.